The number of hydrogen-bond donors (Lipinski definition) is 1. The average Bonchev–Trinajstić information content (AvgIpc) is 2.43. The molecular weight excluding hydrogens is 312 g/mol. The molecule has 1 N–H and O–H groups in total. The first-order valence-corrected chi connectivity index (χ1v) is 7.82. The van der Waals surface area contributed by atoms with Gasteiger partial charge in [-0.05, 0) is 71.1 Å². The third-order valence-corrected chi connectivity index (χ3v) is 3.96. The minimum absolute atomic E-state index is 0.194. The highest BCUT2D eigenvalue weighted by atomic mass is 79.9. The Bertz CT molecular complexity index is 581. The molecular formula is C17H21BrN2. The van der Waals surface area contributed by atoms with E-state index in [9.17, 15) is 0 Å². The molecule has 2 nitrogen and oxygen atoms in total. The molecule has 20 heavy (non-hydrogen) atoms. The predicted molar refractivity (Wildman–Crippen MR) is 88.0 cm³/mol. The van der Waals surface area contributed by atoms with Crippen molar-refractivity contribution in [3.05, 3.63) is 63.4 Å². The minimum Gasteiger partial charge on any atom is -0.306 e. The molecule has 1 unspecified atom stereocenters. The Morgan fingerprint density at radius 2 is 1.90 bits per heavy atom. The van der Waals surface area contributed by atoms with Crippen LogP contribution in [0.3, 0.4) is 0 Å². The molecule has 0 spiro atoms. The van der Waals surface area contributed by atoms with Crippen LogP contribution >= 0.6 is 15.9 Å². The summed E-state index contributed by atoms with van der Waals surface area (Å²) >= 11 is 3.51. The SMILES string of the molecule is CCCNC(c1cncc(Br)c1)c1ccc(C)c(C)c1. The number of aromatic nitrogens is 1. The molecule has 0 bridgehead atoms. The van der Waals surface area contributed by atoms with Crippen LogP contribution in [0.2, 0.25) is 0 Å². The zero-order valence-corrected chi connectivity index (χ0v) is 13.9. The standard InChI is InChI=1S/C17H21BrN2/c1-4-7-20-17(15-9-16(18)11-19-10-15)14-6-5-12(2)13(3)8-14/h5-6,8-11,17,20H,4,7H2,1-3H3. The third kappa shape index (κ3) is 3.68. The minimum atomic E-state index is 0.194. The van der Waals surface area contributed by atoms with Crippen molar-refractivity contribution in [1.29, 1.82) is 0 Å². The molecule has 1 heterocycles. The van der Waals surface area contributed by atoms with E-state index in [0.717, 1.165) is 17.4 Å². The fourth-order valence-corrected chi connectivity index (χ4v) is 2.63. The van der Waals surface area contributed by atoms with E-state index in [-0.39, 0.29) is 6.04 Å². The summed E-state index contributed by atoms with van der Waals surface area (Å²) < 4.78 is 1.02. The predicted octanol–water partition coefficient (Wildman–Crippen LogP) is 4.55. The summed E-state index contributed by atoms with van der Waals surface area (Å²) in [6, 6.07) is 8.99. The Balaban J connectivity index is 2.38. The number of pyridine rings is 1. The summed E-state index contributed by atoms with van der Waals surface area (Å²) in [5, 5.41) is 3.62. The Kier molecular flexibility index (Phi) is 5.32. The quantitative estimate of drug-likeness (QED) is 0.868. The first-order chi connectivity index (χ1) is 9.61. The van der Waals surface area contributed by atoms with Gasteiger partial charge < -0.3 is 5.32 Å². The van der Waals surface area contributed by atoms with Crippen molar-refractivity contribution in [1.82, 2.24) is 10.3 Å². The lowest BCUT2D eigenvalue weighted by Gasteiger charge is -2.20. The van der Waals surface area contributed by atoms with Crippen LogP contribution < -0.4 is 5.32 Å². The molecule has 0 saturated heterocycles. The molecule has 1 aromatic carbocycles. The van der Waals surface area contributed by atoms with Crippen LogP contribution in [-0.4, -0.2) is 11.5 Å². The molecule has 0 fully saturated rings. The molecule has 0 aliphatic heterocycles. The van der Waals surface area contributed by atoms with E-state index in [2.05, 4.69) is 71.3 Å². The maximum absolute atomic E-state index is 4.29. The van der Waals surface area contributed by atoms with E-state index >= 15 is 0 Å². The molecule has 0 radical (unpaired) electrons. The van der Waals surface area contributed by atoms with Gasteiger partial charge in [0.25, 0.3) is 0 Å². The Morgan fingerprint density at radius 3 is 2.55 bits per heavy atom. The third-order valence-electron chi connectivity index (χ3n) is 3.52. The summed E-state index contributed by atoms with van der Waals surface area (Å²) in [5.41, 5.74) is 5.14. The van der Waals surface area contributed by atoms with Crippen molar-refractivity contribution in [2.24, 2.45) is 0 Å². The van der Waals surface area contributed by atoms with E-state index in [1.807, 2.05) is 12.4 Å². The van der Waals surface area contributed by atoms with Crippen LogP contribution in [0.4, 0.5) is 0 Å². The first kappa shape index (κ1) is 15.2. The normalized spacial score (nSPS) is 12.4. The number of aryl methyl sites for hydroxylation is 2. The van der Waals surface area contributed by atoms with Crippen molar-refractivity contribution >= 4 is 15.9 Å². The van der Waals surface area contributed by atoms with Gasteiger partial charge in [-0.3, -0.25) is 4.98 Å². The summed E-state index contributed by atoms with van der Waals surface area (Å²) in [7, 11) is 0. The van der Waals surface area contributed by atoms with Crippen molar-refractivity contribution in [2.45, 2.75) is 33.2 Å². The largest absolute Gasteiger partial charge is 0.306 e. The van der Waals surface area contributed by atoms with Gasteiger partial charge in [-0.25, -0.2) is 0 Å². The number of halogens is 1. The molecule has 0 aliphatic rings. The molecule has 0 saturated carbocycles. The van der Waals surface area contributed by atoms with Gasteiger partial charge in [0.15, 0.2) is 0 Å². The lowest BCUT2D eigenvalue weighted by molar-refractivity contribution is 0.596. The van der Waals surface area contributed by atoms with Crippen molar-refractivity contribution in [3.63, 3.8) is 0 Å². The maximum atomic E-state index is 4.29. The lowest BCUT2D eigenvalue weighted by atomic mass is 9.96. The van der Waals surface area contributed by atoms with Crippen molar-refractivity contribution in [3.8, 4) is 0 Å². The fraction of sp³-hybridized carbons (Fsp3) is 0.353. The van der Waals surface area contributed by atoms with E-state index in [1.54, 1.807) is 0 Å². The van der Waals surface area contributed by atoms with Gasteiger partial charge in [-0.1, -0.05) is 25.1 Å². The van der Waals surface area contributed by atoms with E-state index in [0.29, 0.717) is 0 Å². The van der Waals surface area contributed by atoms with Crippen LogP contribution in [0.15, 0.2) is 41.1 Å². The van der Waals surface area contributed by atoms with E-state index in [1.165, 1.54) is 22.3 Å². The smallest absolute Gasteiger partial charge is 0.0592 e. The van der Waals surface area contributed by atoms with Gasteiger partial charge in [0, 0.05) is 16.9 Å². The second-order valence-corrected chi connectivity index (χ2v) is 6.08. The maximum Gasteiger partial charge on any atom is 0.0592 e. The molecule has 2 rings (SSSR count). The summed E-state index contributed by atoms with van der Waals surface area (Å²) in [6.07, 6.45) is 4.87. The summed E-state index contributed by atoms with van der Waals surface area (Å²) in [6.45, 7) is 7.48. The van der Waals surface area contributed by atoms with Crippen LogP contribution in [-0.2, 0) is 0 Å². The first-order valence-electron chi connectivity index (χ1n) is 7.02. The topological polar surface area (TPSA) is 24.9 Å². The van der Waals surface area contributed by atoms with E-state index < -0.39 is 0 Å². The highest BCUT2D eigenvalue weighted by molar-refractivity contribution is 9.10. The van der Waals surface area contributed by atoms with Crippen LogP contribution in [0.5, 0.6) is 0 Å². The molecule has 0 aliphatic carbocycles. The van der Waals surface area contributed by atoms with E-state index in [4.69, 9.17) is 0 Å². The molecule has 1 atom stereocenters. The molecule has 1 aromatic heterocycles. The van der Waals surface area contributed by atoms with Crippen molar-refractivity contribution in [2.75, 3.05) is 6.54 Å². The van der Waals surface area contributed by atoms with Crippen LogP contribution in [0, 0.1) is 13.8 Å². The second-order valence-electron chi connectivity index (χ2n) is 5.17. The Morgan fingerprint density at radius 1 is 1.10 bits per heavy atom. The van der Waals surface area contributed by atoms with Crippen molar-refractivity contribution < 1.29 is 0 Å². The number of nitrogens with zero attached hydrogens (tertiary/aromatic N) is 1. The van der Waals surface area contributed by atoms with Gasteiger partial charge in [-0.15, -0.1) is 0 Å². The number of nitrogens with one attached hydrogen (secondary N) is 1. The van der Waals surface area contributed by atoms with Gasteiger partial charge in [0.2, 0.25) is 0 Å². The highest BCUT2D eigenvalue weighted by Gasteiger charge is 2.14. The molecule has 0 amide bonds. The van der Waals surface area contributed by atoms with Gasteiger partial charge >= 0.3 is 0 Å². The molecule has 2 aromatic rings. The van der Waals surface area contributed by atoms with Crippen LogP contribution in [0.1, 0.15) is 41.6 Å². The molecule has 3 heteroatoms. The Labute approximate surface area is 129 Å². The van der Waals surface area contributed by atoms with Gasteiger partial charge in [-0.2, -0.15) is 0 Å². The van der Waals surface area contributed by atoms with Crippen LogP contribution in [0.25, 0.3) is 0 Å². The zero-order valence-electron chi connectivity index (χ0n) is 12.3. The number of rotatable bonds is 5. The average molecular weight is 333 g/mol. The number of hydrogen-bond acceptors (Lipinski definition) is 2. The Hall–Kier alpha value is -1.19. The number of benzene rings is 1. The molecule has 106 valence electrons. The lowest BCUT2D eigenvalue weighted by Crippen LogP contribution is -2.23. The fourth-order valence-electron chi connectivity index (χ4n) is 2.25. The summed E-state index contributed by atoms with van der Waals surface area (Å²) in [5.74, 6) is 0. The highest BCUT2D eigenvalue weighted by Crippen LogP contribution is 2.25. The summed E-state index contributed by atoms with van der Waals surface area (Å²) in [4.78, 5) is 4.29. The van der Waals surface area contributed by atoms with Gasteiger partial charge in [0.05, 0.1) is 6.04 Å². The monoisotopic (exact) mass is 332 g/mol. The zero-order chi connectivity index (χ0) is 14.5. The second kappa shape index (κ2) is 7.00. The van der Waals surface area contributed by atoms with Gasteiger partial charge in [0.1, 0.15) is 0 Å².